The maximum absolute atomic E-state index is 12.3. The number of hydrogen-bond acceptors (Lipinski definition) is 2. The lowest BCUT2D eigenvalue weighted by atomic mass is 9.64. The van der Waals surface area contributed by atoms with Crippen LogP contribution in [0.5, 0.6) is 11.5 Å². The normalized spacial score (nSPS) is 26.8. The highest BCUT2D eigenvalue weighted by atomic mass is 19.4. The van der Waals surface area contributed by atoms with E-state index in [9.17, 15) is 13.2 Å². The molecular formula is C23H33F3O2. The van der Waals surface area contributed by atoms with Crippen LogP contribution in [0.4, 0.5) is 13.2 Å². The van der Waals surface area contributed by atoms with Gasteiger partial charge >= 0.3 is 6.36 Å². The second-order valence-electron chi connectivity index (χ2n) is 8.79. The molecule has 0 aromatic heterocycles. The van der Waals surface area contributed by atoms with E-state index in [-0.39, 0.29) is 11.2 Å². The molecule has 0 atom stereocenters. The summed E-state index contributed by atoms with van der Waals surface area (Å²) in [7, 11) is 0. The maximum Gasteiger partial charge on any atom is 0.573 e. The molecule has 28 heavy (non-hydrogen) atoms. The molecule has 2 aliphatic rings. The van der Waals surface area contributed by atoms with Gasteiger partial charge < -0.3 is 9.47 Å². The van der Waals surface area contributed by atoms with E-state index in [0.29, 0.717) is 12.4 Å². The van der Waals surface area contributed by atoms with Crippen molar-refractivity contribution in [3.63, 3.8) is 0 Å². The molecule has 2 nitrogen and oxygen atoms in total. The number of rotatable bonds is 7. The summed E-state index contributed by atoms with van der Waals surface area (Å²) >= 11 is 0. The number of ether oxygens (including phenoxy) is 2. The van der Waals surface area contributed by atoms with E-state index < -0.39 is 6.36 Å². The highest BCUT2D eigenvalue weighted by Crippen LogP contribution is 2.47. The molecule has 1 aromatic rings. The molecule has 2 saturated carbocycles. The fraction of sp³-hybridized carbons (Fsp3) is 0.739. The van der Waals surface area contributed by atoms with Crippen LogP contribution in [0, 0.1) is 17.3 Å². The van der Waals surface area contributed by atoms with Crippen LogP contribution in [0.15, 0.2) is 24.3 Å². The molecule has 158 valence electrons. The summed E-state index contributed by atoms with van der Waals surface area (Å²) < 4.78 is 46.8. The Bertz CT molecular complexity index is 583. The number of benzene rings is 1. The Kier molecular flexibility index (Phi) is 7.16. The number of hydrogen-bond donors (Lipinski definition) is 0. The third-order valence-electron chi connectivity index (χ3n) is 6.79. The zero-order valence-electron chi connectivity index (χ0n) is 16.9. The van der Waals surface area contributed by atoms with Crippen molar-refractivity contribution in [1.82, 2.24) is 0 Å². The summed E-state index contributed by atoms with van der Waals surface area (Å²) in [6, 6.07) is 5.76. The van der Waals surface area contributed by atoms with Gasteiger partial charge in [0.2, 0.25) is 0 Å². The van der Waals surface area contributed by atoms with Gasteiger partial charge in [-0.15, -0.1) is 13.2 Å². The Balaban J connectivity index is 1.53. The lowest BCUT2D eigenvalue weighted by molar-refractivity contribution is -0.274. The molecule has 2 fully saturated rings. The van der Waals surface area contributed by atoms with Crippen LogP contribution in [0.2, 0.25) is 0 Å². The zero-order chi connectivity index (χ0) is 20.0. The first-order chi connectivity index (χ1) is 13.4. The van der Waals surface area contributed by atoms with Crippen LogP contribution in [0.1, 0.15) is 77.6 Å². The van der Waals surface area contributed by atoms with Crippen molar-refractivity contribution in [2.75, 3.05) is 6.61 Å². The Morgan fingerprint density at radius 1 is 0.893 bits per heavy atom. The molecule has 0 heterocycles. The SMILES string of the molecule is CCCC1(COc2ccc(OC(F)(F)F)cc2)CCC(C2CCCCC2)CC1. The van der Waals surface area contributed by atoms with Crippen LogP contribution >= 0.6 is 0 Å². The van der Waals surface area contributed by atoms with Gasteiger partial charge in [-0.05, 0) is 68.2 Å². The van der Waals surface area contributed by atoms with E-state index >= 15 is 0 Å². The molecule has 5 heteroatoms. The lowest BCUT2D eigenvalue weighted by Crippen LogP contribution is -2.35. The van der Waals surface area contributed by atoms with Crippen molar-refractivity contribution >= 4 is 0 Å². The molecule has 2 aliphatic carbocycles. The van der Waals surface area contributed by atoms with E-state index in [1.165, 1.54) is 69.9 Å². The van der Waals surface area contributed by atoms with Gasteiger partial charge in [0.15, 0.2) is 0 Å². The first-order valence-corrected chi connectivity index (χ1v) is 10.9. The van der Waals surface area contributed by atoms with Crippen molar-refractivity contribution in [1.29, 1.82) is 0 Å². The van der Waals surface area contributed by atoms with E-state index in [2.05, 4.69) is 11.7 Å². The zero-order valence-corrected chi connectivity index (χ0v) is 16.9. The first kappa shape index (κ1) is 21.3. The first-order valence-electron chi connectivity index (χ1n) is 10.9. The topological polar surface area (TPSA) is 18.5 Å². The van der Waals surface area contributed by atoms with Crippen molar-refractivity contribution in [3.8, 4) is 11.5 Å². The largest absolute Gasteiger partial charge is 0.573 e. The van der Waals surface area contributed by atoms with Gasteiger partial charge in [-0.2, -0.15) is 0 Å². The smallest absolute Gasteiger partial charge is 0.493 e. The predicted molar refractivity (Wildman–Crippen MR) is 104 cm³/mol. The summed E-state index contributed by atoms with van der Waals surface area (Å²) in [6.07, 6.45) is 9.66. The summed E-state index contributed by atoms with van der Waals surface area (Å²) in [4.78, 5) is 0. The Hall–Kier alpha value is -1.39. The minimum Gasteiger partial charge on any atom is -0.493 e. The average Bonchev–Trinajstić information content (AvgIpc) is 2.68. The van der Waals surface area contributed by atoms with Gasteiger partial charge in [-0.25, -0.2) is 0 Å². The summed E-state index contributed by atoms with van der Waals surface area (Å²) in [5.74, 6) is 2.20. The fourth-order valence-electron chi connectivity index (χ4n) is 5.30. The monoisotopic (exact) mass is 398 g/mol. The third-order valence-corrected chi connectivity index (χ3v) is 6.79. The highest BCUT2D eigenvalue weighted by molar-refractivity contribution is 5.31. The molecule has 0 unspecified atom stereocenters. The Morgan fingerprint density at radius 3 is 2.04 bits per heavy atom. The molecule has 0 saturated heterocycles. The minimum atomic E-state index is -4.66. The van der Waals surface area contributed by atoms with E-state index in [0.717, 1.165) is 24.7 Å². The fourth-order valence-corrected chi connectivity index (χ4v) is 5.30. The van der Waals surface area contributed by atoms with Gasteiger partial charge in [0.05, 0.1) is 6.61 Å². The predicted octanol–water partition coefficient (Wildman–Crippen LogP) is 7.52. The molecule has 0 bridgehead atoms. The molecule has 3 rings (SSSR count). The van der Waals surface area contributed by atoms with Crippen LogP contribution in [0.3, 0.4) is 0 Å². The van der Waals surface area contributed by atoms with Crippen LogP contribution in [-0.2, 0) is 0 Å². The standard InChI is InChI=1S/C23H33F3O2/c1-2-14-22(15-12-19(13-16-22)18-6-4-3-5-7-18)17-27-20-8-10-21(11-9-20)28-23(24,25)26/h8-11,18-19H,2-7,12-17H2,1H3. The van der Waals surface area contributed by atoms with Gasteiger partial charge in [0.25, 0.3) is 0 Å². The molecule has 0 radical (unpaired) electrons. The number of halogens is 3. The van der Waals surface area contributed by atoms with Crippen molar-refractivity contribution in [3.05, 3.63) is 24.3 Å². The second kappa shape index (κ2) is 9.41. The van der Waals surface area contributed by atoms with Gasteiger partial charge in [-0.3, -0.25) is 0 Å². The van der Waals surface area contributed by atoms with Crippen LogP contribution in [0.25, 0.3) is 0 Å². The second-order valence-corrected chi connectivity index (χ2v) is 8.79. The van der Waals surface area contributed by atoms with E-state index in [4.69, 9.17) is 4.74 Å². The summed E-state index contributed by atoms with van der Waals surface area (Å²) in [6.45, 7) is 2.87. The van der Waals surface area contributed by atoms with E-state index in [1.54, 1.807) is 12.1 Å². The minimum absolute atomic E-state index is 0.209. The van der Waals surface area contributed by atoms with Crippen molar-refractivity contribution in [2.24, 2.45) is 17.3 Å². The highest BCUT2D eigenvalue weighted by Gasteiger charge is 2.38. The molecule has 0 aliphatic heterocycles. The maximum atomic E-state index is 12.3. The van der Waals surface area contributed by atoms with Crippen LogP contribution in [-0.4, -0.2) is 13.0 Å². The Labute approximate surface area is 166 Å². The van der Waals surface area contributed by atoms with Crippen molar-refractivity contribution < 1.29 is 22.6 Å². The lowest BCUT2D eigenvalue weighted by Gasteiger charge is -2.43. The molecule has 0 spiro atoms. The van der Waals surface area contributed by atoms with E-state index in [1.807, 2.05) is 0 Å². The van der Waals surface area contributed by atoms with Gasteiger partial charge in [0, 0.05) is 5.41 Å². The summed E-state index contributed by atoms with van der Waals surface area (Å²) in [5.41, 5.74) is 0.209. The van der Waals surface area contributed by atoms with Crippen molar-refractivity contribution in [2.45, 2.75) is 83.9 Å². The third kappa shape index (κ3) is 6.05. The van der Waals surface area contributed by atoms with Crippen LogP contribution < -0.4 is 9.47 Å². The quantitative estimate of drug-likeness (QED) is 0.473. The molecule has 0 N–H and O–H groups in total. The average molecular weight is 399 g/mol. The van der Waals surface area contributed by atoms with Gasteiger partial charge in [0.1, 0.15) is 11.5 Å². The molecule has 1 aromatic carbocycles. The Morgan fingerprint density at radius 2 is 1.46 bits per heavy atom. The molecule has 0 amide bonds. The molecular weight excluding hydrogens is 365 g/mol. The number of alkyl halides is 3. The summed E-state index contributed by atoms with van der Waals surface area (Å²) in [5, 5.41) is 0. The van der Waals surface area contributed by atoms with Gasteiger partial charge in [-0.1, -0.05) is 45.4 Å².